The van der Waals surface area contributed by atoms with Crippen LogP contribution in [-0.4, -0.2) is 108 Å². The highest BCUT2D eigenvalue weighted by Gasteiger charge is 2.25. The number of carbonyl (C=O) groups excluding carboxylic acids is 2. The minimum Gasteiger partial charge on any atom is -0.491 e. The first-order valence-corrected chi connectivity index (χ1v) is 26.5. The molecule has 1 aliphatic carbocycles. The summed E-state index contributed by atoms with van der Waals surface area (Å²) in [6.45, 7) is 2.01. The molecule has 0 unspecified atom stereocenters. The van der Waals surface area contributed by atoms with Gasteiger partial charge in [0.05, 0.1) is 62.6 Å². The molecular weight excluding hydrogens is 965 g/mol. The van der Waals surface area contributed by atoms with Crippen LogP contribution in [0.1, 0.15) is 44.5 Å². The third-order valence-electron chi connectivity index (χ3n) is 11.6. The predicted molar refractivity (Wildman–Crippen MR) is 266 cm³/mol. The maximum atomic E-state index is 13.5. The Balaban J connectivity index is 1.20. The molecule has 0 atom stereocenters. The molecular formula is C54H56N2O14S2. The van der Waals surface area contributed by atoms with Gasteiger partial charge < -0.3 is 37.9 Å². The molecule has 0 saturated carbocycles. The Labute approximate surface area is 419 Å². The van der Waals surface area contributed by atoms with E-state index in [-0.39, 0.29) is 55.5 Å². The molecule has 0 spiro atoms. The van der Waals surface area contributed by atoms with Crippen molar-refractivity contribution in [3.8, 4) is 23.0 Å². The summed E-state index contributed by atoms with van der Waals surface area (Å²) in [4.78, 5) is 26.8. The zero-order valence-corrected chi connectivity index (χ0v) is 41.2. The van der Waals surface area contributed by atoms with Crippen molar-refractivity contribution in [3.63, 3.8) is 0 Å². The molecule has 378 valence electrons. The summed E-state index contributed by atoms with van der Waals surface area (Å²) in [6.07, 6.45) is 1.03. The molecule has 8 rings (SSSR count). The summed E-state index contributed by atoms with van der Waals surface area (Å²) in [7, 11) is -8.43. The van der Waals surface area contributed by atoms with Crippen molar-refractivity contribution in [2.24, 2.45) is 0 Å². The fourth-order valence-electron chi connectivity index (χ4n) is 8.35. The van der Waals surface area contributed by atoms with Crippen LogP contribution in [0.15, 0.2) is 143 Å². The second kappa shape index (κ2) is 25.0. The van der Waals surface area contributed by atoms with E-state index in [4.69, 9.17) is 37.9 Å². The van der Waals surface area contributed by atoms with E-state index in [9.17, 15) is 26.4 Å². The average Bonchev–Trinajstić information content (AvgIpc) is 3.37. The predicted octanol–water partition coefficient (Wildman–Crippen LogP) is 5.97. The third-order valence-corrected chi connectivity index (χ3v) is 14.4. The lowest BCUT2D eigenvalue weighted by Crippen LogP contribution is -2.34. The van der Waals surface area contributed by atoms with Gasteiger partial charge in [-0.25, -0.2) is 26.3 Å². The summed E-state index contributed by atoms with van der Waals surface area (Å²) in [6, 6.07) is 38.0. The quantitative estimate of drug-likeness (QED) is 0.162. The van der Waals surface area contributed by atoms with E-state index < -0.39 is 45.1 Å². The molecule has 10 bridgehead atoms. The lowest BCUT2D eigenvalue weighted by Gasteiger charge is -2.23. The van der Waals surface area contributed by atoms with Crippen molar-refractivity contribution in [2.75, 3.05) is 79.3 Å². The first-order valence-electron chi connectivity index (χ1n) is 23.5. The normalized spacial score (nSPS) is 15.2. The van der Waals surface area contributed by atoms with Crippen LogP contribution in [0.2, 0.25) is 0 Å². The van der Waals surface area contributed by atoms with Gasteiger partial charge in [-0.05, 0) is 68.8 Å². The van der Waals surface area contributed by atoms with Crippen molar-refractivity contribution in [1.29, 1.82) is 0 Å². The Morgan fingerprint density at radius 2 is 0.653 bits per heavy atom. The van der Waals surface area contributed by atoms with Crippen LogP contribution >= 0.6 is 0 Å². The first-order chi connectivity index (χ1) is 35.0. The number of amides is 2. The second-order valence-corrected chi connectivity index (χ2v) is 20.1. The lowest BCUT2D eigenvalue weighted by molar-refractivity contribution is -0.122. The Morgan fingerprint density at radius 1 is 0.375 bits per heavy atom. The number of carbonyl (C=O) groups is 2. The first kappa shape index (κ1) is 51.6. The molecule has 1 aliphatic heterocycles. The molecule has 72 heavy (non-hydrogen) atoms. The Morgan fingerprint density at radius 3 is 0.986 bits per heavy atom. The van der Waals surface area contributed by atoms with Crippen LogP contribution in [-0.2, 0) is 74.3 Å². The Kier molecular flexibility index (Phi) is 17.9. The van der Waals surface area contributed by atoms with Gasteiger partial charge in [0, 0.05) is 25.7 Å². The lowest BCUT2D eigenvalue weighted by atomic mass is 9.91. The van der Waals surface area contributed by atoms with E-state index in [1.807, 2.05) is 72.8 Å². The van der Waals surface area contributed by atoms with E-state index >= 15 is 0 Å². The zero-order valence-electron chi connectivity index (χ0n) is 39.5. The van der Waals surface area contributed by atoms with Gasteiger partial charge in [-0.1, -0.05) is 109 Å². The summed E-state index contributed by atoms with van der Waals surface area (Å²) in [5, 5.41) is 0. The average molecular weight is 1020 g/mol. The van der Waals surface area contributed by atoms with Crippen LogP contribution in [0.5, 0.6) is 23.0 Å². The maximum absolute atomic E-state index is 13.5. The van der Waals surface area contributed by atoms with Gasteiger partial charge in [-0.15, -0.1) is 0 Å². The zero-order chi connectivity index (χ0) is 50.2. The molecule has 2 aliphatic rings. The number of nitrogens with one attached hydrogen (secondary N) is 2. The monoisotopic (exact) mass is 1020 g/mol. The molecule has 0 fully saturated rings. The summed E-state index contributed by atoms with van der Waals surface area (Å²) >= 11 is 0. The van der Waals surface area contributed by atoms with Crippen LogP contribution in [0, 0.1) is 0 Å². The highest BCUT2D eigenvalue weighted by molar-refractivity contribution is 7.90. The van der Waals surface area contributed by atoms with Gasteiger partial charge in [0.25, 0.3) is 31.9 Å². The number of hydrogen-bond donors (Lipinski definition) is 2. The molecule has 6 aromatic carbocycles. The minimum atomic E-state index is -4.21. The van der Waals surface area contributed by atoms with Gasteiger partial charge >= 0.3 is 0 Å². The van der Waals surface area contributed by atoms with E-state index in [1.54, 1.807) is 36.4 Å². The number of rotatable bonds is 10. The third kappa shape index (κ3) is 14.0. The Hall–Kier alpha value is -6.80. The molecule has 2 N–H and O–H groups in total. The smallest absolute Gasteiger partial charge is 0.271 e. The number of fused-ring (bicyclic) bond motifs is 4. The largest absolute Gasteiger partial charge is 0.491 e. The van der Waals surface area contributed by atoms with Gasteiger partial charge in [0.15, 0.2) is 13.2 Å². The summed E-state index contributed by atoms with van der Waals surface area (Å²) < 4.78 is 106. The molecule has 2 amide bonds. The minimum absolute atomic E-state index is 0.0816. The summed E-state index contributed by atoms with van der Waals surface area (Å²) in [5.41, 5.74) is 5.84. The molecule has 0 saturated heterocycles. The fraction of sp³-hybridized carbons (Fsp3) is 0.296. The van der Waals surface area contributed by atoms with Gasteiger partial charge in [0.1, 0.15) is 36.2 Å². The number of para-hydroxylation sites is 4. The number of hydrogen-bond acceptors (Lipinski definition) is 14. The highest BCUT2D eigenvalue weighted by atomic mass is 32.2. The molecule has 16 nitrogen and oxygen atoms in total. The number of sulfonamides is 2. The molecule has 0 radical (unpaired) electrons. The van der Waals surface area contributed by atoms with Crippen LogP contribution in [0.25, 0.3) is 0 Å². The van der Waals surface area contributed by atoms with Gasteiger partial charge in [0.2, 0.25) is 0 Å². The van der Waals surface area contributed by atoms with Crippen LogP contribution < -0.4 is 28.4 Å². The SMILES string of the molecule is O=C(COc1c2cccc1Cc1cccc(c1OCC(=O)NS(=O)(=O)c1ccccc1)Cc1cccc3c1OCCOCCOCCOCCOCCOc1c(cccc1C2)C3)NS(=O)(=O)c1ccccc1. The van der Waals surface area contributed by atoms with Crippen LogP contribution in [0.3, 0.4) is 0 Å². The maximum Gasteiger partial charge on any atom is 0.271 e. The van der Waals surface area contributed by atoms with Crippen molar-refractivity contribution in [1.82, 2.24) is 9.44 Å². The van der Waals surface area contributed by atoms with E-state index in [0.717, 1.165) is 22.3 Å². The van der Waals surface area contributed by atoms with Gasteiger partial charge in [-0.2, -0.15) is 0 Å². The van der Waals surface area contributed by atoms with Crippen molar-refractivity contribution in [3.05, 3.63) is 178 Å². The van der Waals surface area contributed by atoms with Crippen molar-refractivity contribution in [2.45, 2.75) is 35.5 Å². The van der Waals surface area contributed by atoms with E-state index in [1.165, 1.54) is 24.3 Å². The van der Waals surface area contributed by atoms with Gasteiger partial charge in [-0.3, -0.25) is 9.59 Å². The van der Waals surface area contributed by atoms with E-state index in [2.05, 4.69) is 9.44 Å². The topological polar surface area (TPSA) is 200 Å². The molecule has 1 heterocycles. The summed E-state index contributed by atoms with van der Waals surface area (Å²) in [5.74, 6) is 0.0985. The molecule has 6 aromatic rings. The second-order valence-electron chi connectivity index (χ2n) is 16.7. The molecule has 18 heteroatoms. The van der Waals surface area contributed by atoms with Crippen molar-refractivity contribution >= 4 is 31.9 Å². The number of benzene rings is 6. The molecule has 0 aromatic heterocycles. The highest BCUT2D eigenvalue weighted by Crippen LogP contribution is 2.39. The fourth-order valence-corrected chi connectivity index (χ4v) is 10.3. The van der Waals surface area contributed by atoms with Crippen molar-refractivity contribution < 1.29 is 64.3 Å². The Bertz CT molecular complexity index is 2820. The van der Waals surface area contributed by atoms with Crippen LogP contribution in [0.4, 0.5) is 0 Å². The number of ether oxygens (including phenoxy) is 8. The standard InChI is InChI=1S/C54H56N2O14S2/c57-49(55-71(59,60)47-19-3-1-4-20-47)37-69-53-43-15-9-17-45(53)36-46-18-10-16-44(54(46)70-38-50(58)56-72(61,62)48-21-5-2-6-22-48)35-42-14-8-12-40-33-39-11-7-13-41(34-43)51(39)67-31-29-65-27-25-63-23-24-64-26-28-66-30-32-68-52(40)42/h1-22H,23-38H2,(H,55,57)(H,56,58). The van der Waals surface area contributed by atoms with E-state index in [0.29, 0.717) is 91.3 Å².